The van der Waals surface area contributed by atoms with Crippen LogP contribution < -0.4 is 5.73 Å². The van der Waals surface area contributed by atoms with Crippen molar-refractivity contribution in [1.82, 2.24) is 0 Å². The largest absolute Gasteiger partial charge is 0.323 e. The van der Waals surface area contributed by atoms with E-state index in [0.29, 0.717) is 11.3 Å². The fourth-order valence-corrected chi connectivity index (χ4v) is 3.98. The zero-order valence-corrected chi connectivity index (χ0v) is 13.7. The van der Waals surface area contributed by atoms with Crippen LogP contribution in [0.4, 0.5) is 0 Å². The maximum absolute atomic E-state index is 6.71. The highest BCUT2D eigenvalue weighted by molar-refractivity contribution is 5.28. The van der Waals surface area contributed by atoms with Gasteiger partial charge in [-0.2, -0.15) is 0 Å². The topological polar surface area (TPSA) is 26.0 Å². The molecule has 2 rings (SSSR count). The molecule has 1 saturated carbocycles. The molecule has 1 atom stereocenters. The molecule has 1 unspecified atom stereocenters. The Morgan fingerprint density at radius 1 is 0.950 bits per heavy atom. The first kappa shape index (κ1) is 15.6. The highest BCUT2D eigenvalue weighted by atomic mass is 14.7. The number of nitrogens with two attached hydrogens (primary N) is 1. The van der Waals surface area contributed by atoms with E-state index < -0.39 is 0 Å². The van der Waals surface area contributed by atoms with E-state index in [1.54, 1.807) is 0 Å². The molecule has 0 aliphatic heterocycles. The van der Waals surface area contributed by atoms with Gasteiger partial charge in [0.15, 0.2) is 0 Å². The summed E-state index contributed by atoms with van der Waals surface area (Å²) in [6, 6.07) is 9.25. The first-order chi connectivity index (χ1) is 9.44. The predicted octanol–water partition coefficient (Wildman–Crippen LogP) is 5.42. The second kappa shape index (κ2) is 6.30. The van der Waals surface area contributed by atoms with Crippen LogP contribution in [-0.4, -0.2) is 0 Å². The summed E-state index contributed by atoms with van der Waals surface area (Å²) in [7, 11) is 0. The van der Waals surface area contributed by atoms with E-state index >= 15 is 0 Å². The quantitative estimate of drug-likeness (QED) is 0.762. The first-order valence-electron chi connectivity index (χ1n) is 8.30. The minimum atomic E-state index is 0.202. The molecule has 1 aliphatic rings. The molecule has 1 aliphatic carbocycles. The lowest BCUT2D eigenvalue weighted by Crippen LogP contribution is -2.33. The molecule has 0 saturated heterocycles. The molecule has 112 valence electrons. The second-order valence-corrected chi connectivity index (χ2v) is 7.47. The molecular formula is C19H31N. The molecule has 0 radical (unpaired) electrons. The monoisotopic (exact) mass is 273 g/mol. The lowest BCUT2D eigenvalue weighted by atomic mass is 9.70. The maximum Gasteiger partial charge on any atom is 0.0352 e. The van der Waals surface area contributed by atoms with Crippen LogP contribution in [0, 0.1) is 11.3 Å². The van der Waals surface area contributed by atoms with Crippen molar-refractivity contribution in [1.29, 1.82) is 0 Å². The Morgan fingerprint density at radius 2 is 1.45 bits per heavy atom. The fourth-order valence-electron chi connectivity index (χ4n) is 3.98. The molecule has 0 heterocycles. The van der Waals surface area contributed by atoms with E-state index in [0.717, 1.165) is 5.92 Å². The van der Waals surface area contributed by atoms with Gasteiger partial charge in [0.25, 0.3) is 0 Å². The Balaban J connectivity index is 2.21. The molecule has 0 spiro atoms. The number of hydrogen-bond acceptors (Lipinski definition) is 1. The minimum Gasteiger partial charge on any atom is -0.323 e. The second-order valence-electron chi connectivity index (χ2n) is 7.47. The van der Waals surface area contributed by atoms with Gasteiger partial charge in [0.2, 0.25) is 0 Å². The zero-order valence-electron chi connectivity index (χ0n) is 13.7. The van der Waals surface area contributed by atoms with E-state index in [1.807, 2.05) is 0 Å². The summed E-state index contributed by atoms with van der Waals surface area (Å²) >= 11 is 0. The molecular weight excluding hydrogens is 242 g/mol. The van der Waals surface area contributed by atoms with Crippen LogP contribution in [0.1, 0.15) is 82.9 Å². The van der Waals surface area contributed by atoms with Crippen LogP contribution in [0.2, 0.25) is 0 Å². The van der Waals surface area contributed by atoms with Crippen molar-refractivity contribution < 1.29 is 0 Å². The number of hydrogen-bond donors (Lipinski definition) is 1. The van der Waals surface area contributed by atoms with Crippen molar-refractivity contribution >= 4 is 0 Å². The van der Waals surface area contributed by atoms with E-state index in [1.165, 1.54) is 43.2 Å². The lowest BCUT2D eigenvalue weighted by molar-refractivity contribution is 0.183. The fraction of sp³-hybridized carbons (Fsp3) is 0.684. The van der Waals surface area contributed by atoms with Crippen molar-refractivity contribution in [2.45, 2.75) is 71.8 Å². The van der Waals surface area contributed by atoms with Gasteiger partial charge in [0.05, 0.1) is 0 Å². The highest BCUT2D eigenvalue weighted by Gasteiger charge is 2.40. The summed E-state index contributed by atoms with van der Waals surface area (Å²) in [4.78, 5) is 0. The maximum atomic E-state index is 6.71. The smallest absolute Gasteiger partial charge is 0.0352 e. The Morgan fingerprint density at radius 3 is 1.90 bits per heavy atom. The molecule has 1 nitrogen and oxygen atoms in total. The normalized spacial score (nSPS) is 19.8. The van der Waals surface area contributed by atoms with E-state index in [-0.39, 0.29) is 6.04 Å². The predicted molar refractivity (Wildman–Crippen MR) is 87.8 cm³/mol. The van der Waals surface area contributed by atoms with Crippen molar-refractivity contribution in [2.75, 3.05) is 0 Å². The van der Waals surface area contributed by atoms with Crippen molar-refractivity contribution in [3.8, 4) is 0 Å². The summed E-state index contributed by atoms with van der Waals surface area (Å²) < 4.78 is 0. The molecule has 1 aromatic carbocycles. The molecule has 1 heteroatoms. The molecule has 0 bridgehead atoms. The Bertz CT molecular complexity index is 410. The standard InChI is InChI=1S/C19H31N/c1-14(2)13-19(11-5-6-12-19)18(20)17-9-7-16(8-10-17)15(3)4/h7-10,14-15,18H,5-6,11-13,20H2,1-4H3. The number of rotatable bonds is 5. The van der Waals surface area contributed by atoms with E-state index in [9.17, 15) is 0 Å². The molecule has 0 amide bonds. The van der Waals surface area contributed by atoms with Crippen LogP contribution in [-0.2, 0) is 0 Å². The van der Waals surface area contributed by atoms with E-state index in [4.69, 9.17) is 5.73 Å². The highest BCUT2D eigenvalue weighted by Crippen LogP contribution is 2.50. The van der Waals surface area contributed by atoms with E-state index in [2.05, 4.69) is 52.0 Å². The third-order valence-corrected chi connectivity index (χ3v) is 5.04. The summed E-state index contributed by atoms with van der Waals surface area (Å²) in [5.41, 5.74) is 9.79. The SMILES string of the molecule is CC(C)CC1(C(N)c2ccc(C(C)C)cc2)CCCC1. The van der Waals surface area contributed by atoms with Crippen molar-refractivity contribution in [3.05, 3.63) is 35.4 Å². The summed E-state index contributed by atoms with van der Waals surface area (Å²) in [6.45, 7) is 9.14. The van der Waals surface area contributed by atoms with Crippen LogP contribution >= 0.6 is 0 Å². The van der Waals surface area contributed by atoms with Gasteiger partial charge in [0, 0.05) is 6.04 Å². The van der Waals surface area contributed by atoms with Gasteiger partial charge in [-0.1, -0.05) is 64.8 Å². The summed E-state index contributed by atoms with van der Waals surface area (Å²) in [5.74, 6) is 1.32. The molecule has 1 aromatic rings. The molecule has 1 fully saturated rings. The third-order valence-electron chi connectivity index (χ3n) is 5.04. The molecule has 2 N–H and O–H groups in total. The minimum absolute atomic E-state index is 0.202. The van der Waals surface area contributed by atoms with Crippen LogP contribution in [0.15, 0.2) is 24.3 Å². The van der Waals surface area contributed by atoms with Gasteiger partial charge in [-0.05, 0) is 47.6 Å². The lowest BCUT2D eigenvalue weighted by Gasteiger charge is -2.37. The van der Waals surface area contributed by atoms with Gasteiger partial charge in [0.1, 0.15) is 0 Å². The van der Waals surface area contributed by atoms with Gasteiger partial charge in [-0.3, -0.25) is 0 Å². The molecule has 0 aromatic heterocycles. The Kier molecular flexibility index (Phi) is 4.90. The van der Waals surface area contributed by atoms with Gasteiger partial charge in [-0.15, -0.1) is 0 Å². The average Bonchev–Trinajstić information content (AvgIpc) is 2.87. The zero-order chi connectivity index (χ0) is 14.8. The Hall–Kier alpha value is -0.820. The van der Waals surface area contributed by atoms with Crippen LogP contribution in [0.25, 0.3) is 0 Å². The van der Waals surface area contributed by atoms with Crippen molar-refractivity contribution in [2.24, 2.45) is 17.1 Å². The van der Waals surface area contributed by atoms with Gasteiger partial charge in [-0.25, -0.2) is 0 Å². The third kappa shape index (κ3) is 3.25. The number of benzene rings is 1. The van der Waals surface area contributed by atoms with Gasteiger partial charge >= 0.3 is 0 Å². The van der Waals surface area contributed by atoms with Crippen molar-refractivity contribution in [3.63, 3.8) is 0 Å². The van der Waals surface area contributed by atoms with Crippen LogP contribution in [0.5, 0.6) is 0 Å². The van der Waals surface area contributed by atoms with Crippen LogP contribution in [0.3, 0.4) is 0 Å². The Labute approximate surface area is 125 Å². The molecule has 20 heavy (non-hydrogen) atoms. The summed E-state index contributed by atoms with van der Waals surface area (Å²) in [5, 5.41) is 0. The average molecular weight is 273 g/mol. The first-order valence-corrected chi connectivity index (χ1v) is 8.30. The summed E-state index contributed by atoms with van der Waals surface area (Å²) in [6.07, 6.45) is 6.58. The van der Waals surface area contributed by atoms with Gasteiger partial charge < -0.3 is 5.73 Å².